The summed E-state index contributed by atoms with van der Waals surface area (Å²) < 4.78 is 6.52. The van der Waals surface area contributed by atoms with Crippen LogP contribution in [0, 0.1) is 11.3 Å². The van der Waals surface area contributed by atoms with Gasteiger partial charge < -0.3 is 0 Å². The van der Waals surface area contributed by atoms with Crippen LogP contribution in [0.15, 0.2) is 42.0 Å². The van der Waals surface area contributed by atoms with Crippen LogP contribution in [0.2, 0.25) is 5.32 Å². The second-order valence-corrected chi connectivity index (χ2v) is 7.61. The number of Topliss-reactive ketones (excluding diaryl/α,β-unsaturated/α-hetero) is 1. The Morgan fingerprint density at radius 1 is 1.30 bits per heavy atom. The molecule has 20 heavy (non-hydrogen) atoms. The van der Waals surface area contributed by atoms with Crippen LogP contribution >= 0.6 is 0 Å². The van der Waals surface area contributed by atoms with Crippen LogP contribution in [0.1, 0.15) is 13.3 Å². The summed E-state index contributed by atoms with van der Waals surface area (Å²) in [6.07, 6.45) is 2.41. The van der Waals surface area contributed by atoms with Crippen LogP contribution in [0.25, 0.3) is 0 Å². The molecule has 0 aromatic heterocycles. The molecule has 1 fully saturated rings. The Hall–Kier alpha value is -1.38. The van der Waals surface area contributed by atoms with Gasteiger partial charge >= 0.3 is 124 Å². The number of allylic oxidation sites excluding steroid dienone is 2. The van der Waals surface area contributed by atoms with Crippen molar-refractivity contribution in [2.45, 2.75) is 18.7 Å². The number of rotatable bonds is 3. The zero-order chi connectivity index (χ0) is 14.2. The van der Waals surface area contributed by atoms with Gasteiger partial charge in [-0.15, -0.1) is 0 Å². The molecule has 1 saturated heterocycles. The average molecular weight is 335 g/mol. The molecular formula is C16H16O3Se. The van der Waals surface area contributed by atoms with Crippen molar-refractivity contribution in [1.82, 2.24) is 0 Å². The number of hydrogen-bond donors (Lipinski definition) is 0. The van der Waals surface area contributed by atoms with Crippen molar-refractivity contribution in [1.29, 1.82) is 0 Å². The van der Waals surface area contributed by atoms with Gasteiger partial charge in [-0.25, -0.2) is 0 Å². The molecule has 3 rings (SSSR count). The van der Waals surface area contributed by atoms with Gasteiger partial charge in [0, 0.05) is 0 Å². The molecule has 4 heteroatoms. The maximum atomic E-state index is 12.4. The summed E-state index contributed by atoms with van der Waals surface area (Å²) in [7, 11) is 0. The van der Waals surface area contributed by atoms with Crippen LogP contribution < -0.4 is 4.46 Å². The minimum absolute atomic E-state index is 0.0196. The molecule has 2 atom stereocenters. The minimum atomic E-state index is -0.902. The summed E-state index contributed by atoms with van der Waals surface area (Å²) >= 11 is 0.268. The number of hydrogen-bond acceptors (Lipinski definition) is 3. The fourth-order valence-corrected chi connectivity index (χ4v) is 5.26. The van der Waals surface area contributed by atoms with E-state index < -0.39 is 5.41 Å². The number of ether oxygens (including phenoxy) is 1. The second-order valence-electron chi connectivity index (χ2n) is 5.31. The van der Waals surface area contributed by atoms with Gasteiger partial charge in [-0.05, 0) is 0 Å². The molecule has 2 aliphatic rings. The number of cyclic esters (lactones) is 1. The third-order valence-corrected chi connectivity index (χ3v) is 6.63. The van der Waals surface area contributed by atoms with E-state index in [0.29, 0.717) is 18.6 Å². The molecule has 0 amide bonds. The normalized spacial score (nSPS) is 28.9. The first-order valence-electron chi connectivity index (χ1n) is 6.71. The first kappa shape index (κ1) is 13.6. The number of carbonyl (C=O) groups excluding carboxylic acids is 2. The summed E-state index contributed by atoms with van der Waals surface area (Å²) in [5.41, 5.74) is -0.193. The molecule has 1 aliphatic carbocycles. The van der Waals surface area contributed by atoms with Crippen molar-refractivity contribution in [2.75, 3.05) is 6.61 Å². The van der Waals surface area contributed by atoms with Gasteiger partial charge in [0.15, 0.2) is 0 Å². The summed E-state index contributed by atoms with van der Waals surface area (Å²) in [5.74, 6) is -0.310. The van der Waals surface area contributed by atoms with Gasteiger partial charge in [-0.3, -0.25) is 0 Å². The van der Waals surface area contributed by atoms with Crippen molar-refractivity contribution in [3.8, 4) is 0 Å². The molecule has 2 unspecified atom stereocenters. The molecule has 0 radical (unpaired) electrons. The van der Waals surface area contributed by atoms with Gasteiger partial charge in [0.25, 0.3) is 0 Å². The summed E-state index contributed by atoms with van der Waals surface area (Å²) in [6, 6.07) is 10.2. The first-order valence-corrected chi connectivity index (χ1v) is 8.78. The Balaban J connectivity index is 1.77. The van der Waals surface area contributed by atoms with Gasteiger partial charge in [-0.2, -0.15) is 0 Å². The third-order valence-electron chi connectivity index (χ3n) is 4.16. The Bertz CT molecular complexity index is 579. The third kappa shape index (κ3) is 2.04. The van der Waals surface area contributed by atoms with E-state index in [2.05, 4.69) is 12.1 Å². The van der Waals surface area contributed by atoms with E-state index in [1.807, 2.05) is 24.3 Å². The quantitative estimate of drug-likeness (QED) is 0.478. The van der Waals surface area contributed by atoms with Crippen LogP contribution in [0.3, 0.4) is 0 Å². The van der Waals surface area contributed by atoms with Gasteiger partial charge in [0.2, 0.25) is 0 Å². The van der Waals surface area contributed by atoms with E-state index in [1.165, 1.54) is 4.46 Å². The van der Waals surface area contributed by atoms with Crippen molar-refractivity contribution in [3.63, 3.8) is 0 Å². The van der Waals surface area contributed by atoms with Crippen LogP contribution in [-0.2, 0) is 14.3 Å². The number of carbonyl (C=O) groups is 2. The fraction of sp³-hybridized carbons (Fsp3) is 0.375. The van der Waals surface area contributed by atoms with Crippen LogP contribution in [-0.4, -0.2) is 33.3 Å². The van der Waals surface area contributed by atoms with Crippen LogP contribution in [0.4, 0.5) is 0 Å². The topological polar surface area (TPSA) is 43.4 Å². The van der Waals surface area contributed by atoms with E-state index in [1.54, 1.807) is 6.92 Å². The van der Waals surface area contributed by atoms with Crippen molar-refractivity contribution in [2.24, 2.45) is 11.3 Å². The Morgan fingerprint density at radius 3 is 2.70 bits per heavy atom. The second kappa shape index (κ2) is 5.19. The molecule has 1 spiro atoms. The molecule has 1 aromatic rings. The monoisotopic (exact) mass is 336 g/mol. The molecule has 0 N–H and O–H groups in total. The number of ketones is 1. The zero-order valence-corrected chi connectivity index (χ0v) is 13.0. The molecule has 3 nitrogen and oxygen atoms in total. The SMILES string of the molecule is CC1=CCC2(C(=O)OCC2C[Se]c2ccccc2)C1=O. The molecular weight excluding hydrogens is 319 g/mol. The van der Waals surface area contributed by atoms with E-state index in [-0.39, 0.29) is 32.6 Å². The predicted octanol–water partition coefficient (Wildman–Crippen LogP) is 1.51. The Morgan fingerprint density at radius 2 is 2.05 bits per heavy atom. The van der Waals surface area contributed by atoms with Gasteiger partial charge in [0.05, 0.1) is 0 Å². The summed E-state index contributed by atoms with van der Waals surface area (Å²) in [6.45, 7) is 2.18. The molecule has 104 valence electrons. The zero-order valence-electron chi connectivity index (χ0n) is 11.3. The van der Waals surface area contributed by atoms with E-state index in [4.69, 9.17) is 4.74 Å². The molecule has 1 aliphatic heterocycles. The van der Waals surface area contributed by atoms with Gasteiger partial charge in [-0.1, -0.05) is 0 Å². The van der Waals surface area contributed by atoms with E-state index >= 15 is 0 Å². The number of benzene rings is 1. The Labute approximate surface area is 124 Å². The standard InChI is InChI=1S/C16H16O3Se/c1-11-7-8-16(14(11)17)12(9-19-15(16)18)10-20-13-5-3-2-4-6-13/h2-7,12H,8-10H2,1H3. The van der Waals surface area contributed by atoms with Crippen molar-refractivity contribution in [3.05, 3.63) is 42.0 Å². The van der Waals surface area contributed by atoms with Crippen molar-refractivity contribution >= 4 is 31.2 Å². The molecule has 0 saturated carbocycles. The van der Waals surface area contributed by atoms with E-state index in [0.717, 1.165) is 5.32 Å². The number of esters is 1. The van der Waals surface area contributed by atoms with Gasteiger partial charge in [0.1, 0.15) is 0 Å². The predicted molar refractivity (Wildman–Crippen MR) is 76.9 cm³/mol. The Kier molecular flexibility index (Phi) is 3.53. The first-order chi connectivity index (χ1) is 9.64. The molecule has 1 aromatic carbocycles. The molecule has 0 bridgehead atoms. The summed E-state index contributed by atoms with van der Waals surface area (Å²) in [4.78, 5) is 24.5. The molecule has 1 heterocycles. The average Bonchev–Trinajstić information content (AvgIpc) is 2.95. The van der Waals surface area contributed by atoms with E-state index in [9.17, 15) is 9.59 Å². The van der Waals surface area contributed by atoms with Crippen molar-refractivity contribution < 1.29 is 14.3 Å². The van der Waals surface area contributed by atoms with Crippen LogP contribution in [0.5, 0.6) is 0 Å². The fourth-order valence-electron chi connectivity index (χ4n) is 2.90. The summed E-state index contributed by atoms with van der Waals surface area (Å²) in [5, 5.41) is 0.871. The maximum absolute atomic E-state index is 12.4.